The minimum atomic E-state index is 0.119. The van der Waals surface area contributed by atoms with E-state index in [0.717, 1.165) is 42.3 Å². The fraction of sp³-hybridized carbons (Fsp3) is 0.556. The molecule has 0 bridgehead atoms. The number of aliphatic imine (C=N–C) groups is 1. The van der Waals surface area contributed by atoms with Crippen LogP contribution in [-0.2, 0) is 6.42 Å². The van der Waals surface area contributed by atoms with Crippen molar-refractivity contribution in [1.82, 2.24) is 20.2 Å². The summed E-state index contributed by atoms with van der Waals surface area (Å²) < 4.78 is 0. The number of hydrogen-bond donors (Lipinski definition) is 2. The van der Waals surface area contributed by atoms with Gasteiger partial charge in [-0.15, -0.1) is 0 Å². The van der Waals surface area contributed by atoms with Gasteiger partial charge in [-0.2, -0.15) is 0 Å². The molecule has 3 rings (SSSR count). The number of hydrogen-bond acceptors (Lipinski definition) is 2. The Hall–Kier alpha value is -2.04. The topological polar surface area (TPSA) is 56.3 Å². The fourth-order valence-electron chi connectivity index (χ4n) is 3.11. The molecule has 1 fully saturated rings. The van der Waals surface area contributed by atoms with Crippen LogP contribution in [0.15, 0.2) is 29.3 Å². The van der Waals surface area contributed by atoms with E-state index in [-0.39, 0.29) is 5.54 Å². The molecule has 0 amide bonds. The first-order valence-electron chi connectivity index (χ1n) is 8.27. The van der Waals surface area contributed by atoms with Crippen molar-refractivity contribution in [3.8, 4) is 0 Å². The number of imidazole rings is 1. The summed E-state index contributed by atoms with van der Waals surface area (Å²) in [6.07, 6.45) is 0.853. The van der Waals surface area contributed by atoms with Crippen LogP contribution < -0.4 is 5.32 Å². The molecule has 5 nitrogen and oxygen atoms in total. The lowest BCUT2D eigenvalue weighted by molar-refractivity contribution is -0.0666. The average molecular weight is 313 g/mol. The summed E-state index contributed by atoms with van der Waals surface area (Å²) in [5.74, 6) is 1.99. The molecule has 0 spiro atoms. The fourth-order valence-corrected chi connectivity index (χ4v) is 3.11. The summed E-state index contributed by atoms with van der Waals surface area (Å²) in [6.45, 7) is 11.0. The van der Waals surface area contributed by atoms with Crippen molar-refractivity contribution in [2.75, 3.05) is 20.1 Å². The third-order valence-corrected chi connectivity index (χ3v) is 5.44. The highest BCUT2D eigenvalue weighted by Gasteiger charge is 2.53. The molecular weight excluding hydrogens is 286 g/mol. The van der Waals surface area contributed by atoms with Crippen molar-refractivity contribution in [2.45, 2.75) is 39.7 Å². The first kappa shape index (κ1) is 15.8. The maximum absolute atomic E-state index is 4.62. The Balaban J connectivity index is 1.59. The van der Waals surface area contributed by atoms with Gasteiger partial charge in [-0.25, -0.2) is 4.98 Å². The molecule has 0 aliphatic carbocycles. The van der Waals surface area contributed by atoms with Crippen molar-refractivity contribution in [1.29, 1.82) is 0 Å². The van der Waals surface area contributed by atoms with E-state index in [9.17, 15) is 0 Å². The largest absolute Gasteiger partial charge is 0.356 e. The summed E-state index contributed by atoms with van der Waals surface area (Å²) in [5, 5.41) is 3.47. The van der Waals surface area contributed by atoms with Crippen molar-refractivity contribution in [3.63, 3.8) is 0 Å². The Kier molecular flexibility index (Phi) is 3.82. The van der Waals surface area contributed by atoms with E-state index in [1.165, 1.54) is 0 Å². The highest BCUT2D eigenvalue weighted by Crippen LogP contribution is 2.46. The third-order valence-electron chi connectivity index (χ3n) is 5.44. The van der Waals surface area contributed by atoms with E-state index in [0.29, 0.717) is 5.41 Å². The van der Waals surface area contributed by atoms with Gasteiger partial charge < -0.3 is 15.2 Å². The van der Waals surface area contributed by atoms with Gasteiger partial charge in [0.25, 0.3) is 0 Å². The van der Waals surface area contributed by atoms with Gasteiger partial charge in [-0.1, -0.05) is 26.0 Å². The van der Waals surface area contributed by atoms with E-state index >= 15 is 0 Å². The van der Waals surface area contributed by atoms with E-state index in [2.05, 4.69) is 58.9 Å². The van der Waals surface area contributed by atoms with E-state index in [4.69, 9.17) is 0 Å². The number of rotatable bonds is 3. The van der Waals surface area contributed by atoms with Crippen LogP contribution in [0.4, 0.5) is 0 Å². The molecule has 1 aromatic heterocycles. The minimum absolute atomic E-state index is 0.119. The summed E-state index contributed by atoms with van der Waals surface area (Å²) in [5.41, 5.74) is 2.55. The van der Waals surface area contributed by atoms with Gasteiger partial charge in [0.15, 0.2) is 5.96 Å². The maximum atomic E-state index is 4.62. The summed E-state index contributed by atoms with van der Waals surface area (Å²) in [6, 6.07) is 8.13. The van der Waals surface area contributed by atoms with Crippen molar-refractivity contribution < 1.29 is 0 Å². The second-order valence-electron chi connectivity index (χ2n) is 7.45. The molecule has 2 aromatic rings. The van der Waals surface area contributed by atoms with Crippen molar-refractivity contribution >= 4 is 17.0 Å². The van der Waals surface area contributed by atoms with Crippen LogP contribution >= 0.6 is 0 Å². The van der Waals surface area contributed by atoms with Crippen molar-refractivity contribution in [3.05, 3.63) is 30.1 Å². The molecule has 0 atom stereocenters. The standard InChI is InChI=1S/C18H27N5/c1-17(2)12-23(18(17,3)4)16(19-5)20-11-10-15-21-13-8-6-7-9-14(13)22-15/h6-9H,10-12H2,1-5H3,(H,19,20)(H,21,22). The normalized spacial score (nSPS) is 19.7. The molecule has 2 heterocycles. The molecule has 124 valence electrons. The molecule has 1 aliphatic heterocycles. The van der Waals surface area contributed by atoms with Crippen LogP contribution in [0.3, 0.4) is 0 Å². The van der Waals surface area contributed by atoms with Crippen LogP contribution in [0.2, 0.25) is 0 Å². The molecular formula is C18H27N5. The molecule has 2 N–H and O–H groups in total. The maximum Gasteiger partial charge on any atom is 0.194 e. The molecule has 0 saturated carbocycles. The second kappa shape index (κ2) is 5.55. The van der Waals surface area contributed by atoms with Gasteiger partial charge in [-0.05, 0) is 26.0 Å². The van der Waals surface area contributed by atoms with Crippen LogP contribution in [0.25, 0.3) is 11.0 Å². The quantitative estimate of drug-likeness (QED) is 0.677. The zero-order valence-electron chi connectivity index (χ0n) is 14.8. The number of aromatic nitrogens is 2. The number of benzene rings is 1. The number of fused-ring (bicyclic) bond motifs is 1. The second-order valence-corrected chi connectivity index (χ2v) is 7.45. The first-order chi connectivity index (χ1) is 10.8. The molecule has 5 heteroatoms. The SMILES string of the molecule is CN=C(NCCc1nc2ccccc2[nH]1)N1CC(C)(C)C1(C)C. The van der Waals surface area contributed by atoms with Gasteiger partial charge in [0.05, 0.1) is 11.0 Å². The summed E-state index contributed by atoms with van der Waals surface area (Å²) >= 11 is 0. The predicted molar refractivity (Wildman–Crippen MR) is 95.7 cm³/mol. The van der Waals surface area contributed by atoms with Gasteiger partial charge in [0.2, 0.25) is 0 Å². The number of para-hydroxylation sites is 2. The number of nitrogens with zero attached hydrogens (tertiary/aromatic N) is 3. The van der Waals surface area contributed by atoms with Gasteiger partial charge in [0.1, 0.15) is 5.82 Å². The Morgan fingerprint density at radius 3 is 2.65 bits per heavy atom. The lowest BCUT2D eigenvalue weighted by atomic mass is 9.65. The zero-order valence-corrected chi connectivity index (χ0v) is 14.8. The highest BCUT2D eigenvalue weighted by molar-refractivity contribution is 5.82. The number of nitrogens with one attached hydrogen (secondary N) is 2. The molecule has 1 aliphatic rings. The first-order valence-corrected chi connectivity index (χ1v) is 8.27. The van der Waals surface area contributed by atoms with Crippen LogP contribution in [-0.4, -0.2) is 46.5 Å². The summed E-state index contributed by atoms with van der Waals surface area (Å²) in [4.78, 5) is 14.8. The lowest BCUT2D eigenvalue weighted by Crippen LogP contribution is -2.72. The Bertz CT molecular complexity index is 693. The van der Waals surface area contributed by atoms with E-state index in [1.807, 2.05) is 25.2 Å². The minimum Gasteiger partial charge on any atom is -0.356 e. The number of likely N-dealkylation sites (tertiary alicyclic amines) is 1. The molecule has 23 heavy (non-hydrogen) atoms. The van der Waals surface area contributed by atoms with Crippen LogP contribution in [0, 0.1) is 5.41 Å². The molecule has 0 unspecified atom stereocenters. The zero-order chi connectivity index (χ0) is 16.7. The third kappa shape index (κ3) is 2.69. The smallest absolute Gasteiger partial charge is 0.194 e. The lowest BCUT2D eigenvalue weighted by Gasteiger charge is -2.62. The Labute approximate surface area is 138 Å². The Morgan fingerprint density at radius 1 is 1.30 bits per heavy atom. The molecule has 1 saturated heterocycles. The number of H-pyrrole nitrogens is 1. The molecule has 0 radical (unpaired) electrons. The molecule has 1 aromatic carbocycles. The van der Waals surface area contributed by atoms with Crippen LogP contribution in [0.5, 0.6) is 0 Å². The van der Waals surface area contributed by atoms with Gasteiger partial charge >= 0.3 is 0 Å². The summed E-state index contributed by atoms with van der Waals surface area (Å²) in [7, 11) is 1.85. The number of guanidine groups is 1. The highest BCUT2D eigenvalue weighted by atomic mass is 15.4. The monoisotopic (exact) mass is 313 g/mol. The Morgan fingerprint density at radius 2 is 2.04 bits per heavy atom. The average Bonchev–Trinajstić information content (AvgIpc) is 2.92. The predicted octanol–water partition coefficient (Wildman–Crippen LogP) is 2.80. The van der Waals surface area contributed by atoms with Gasteiger partial charge in [0, 0.05) is 37.5 Å². The van der Waals surface area contributed by atoms with E-state index in [1.54, 1.807) is 0 Å². The van der Waals surface area contributed by atoms with Gasteiger partial charge in [-0.3, -0.25) is 4.99 Å². The van der Waals surface area contributed by atoms with E-state index < -0.39 is 0 Å². The van der Waals surface area contributed by atoms with Crippen molar-refractivity contribution in [2.24, 2.45) is 10.4 Å². The van der Waals surface area contributed by atoms with Crippen LogP contribution in [0.1, 0.15) is 33.5 Å². The number of aromatic amines is 1.